The smallest absolute Gasteiger partial charge is 0.241 e. The van der Waals surface area contributed by atoms with Gasteiger partial charge < -0.3 is 4.74 Å². The van der Waals surface area contributed by atoms with Gasteiger partial charge in [-0.1, -0.05) is 19.1 Å². The van der Waals surface area contributed by atoms with Crippen LogP contribution in [0.1, 0.15) is 19.8 Å². The van der Waals surface area contributed by atoms with Gasteiger partial charge in [-0.2, -0.15) is 0 Å². The molecule has 1 aliphatic heterocycles. The van der Waals surface area contributed by atoms with E-state index in [1.165, 1.54) is 0 Å². The summed E-state index contributed by atoms with van der Waals surface area (Å²) in [5, 5.41) is 0. The van der Waals surface area contributed by atoms with Gasteiger partial charge in [0.05, 0.1) is 11.0 Å². The lowest BCUT2D eigenvalue weighted by molar-refractivity contribution is 0.0884. The molecule has 0 spiro atoms. The molecule has 1 fully saturated rings. The summed E-state index contributed by atoms with van der Waals surface area (Å²) in [6, 6.07) is 6.82. The van der Waals surface area contributed by atoms with E-state index in [4.69, 9.17) is 4.74 Å². The fourth-order valence-corrected chi connectivity index (χ4v) is 4.43. The van der Waals surface area contributed by atoms with Crippen molar-refractivity contribution in [1.82, 2.24) is 4.72 Å². The van der Waals surface area contributed by atoms with Crippen molar-refractivity contribution in [1.29, 1.82) is 0 Å². The Labute approximate surface area is 122 Å². The summed E-state index contributed by atoms with van der Waals surface area (Å²) in [7, 11) is -3.46. The normalized spacial score (nSPS) is 23.7. The Balaban J connectivity index is 2.04. The second-order valence-corrected chi connectivity index (χ2v) is 7.24. The second-order valence-electron chi connectivity index (χ2n) is 4.65. The number of hydrogen-bond donors (Lipinski definition) is 1. The van der Waals surface area contributed by atoms with Crippen LogP contribution in [0.4, 0.5) is 0 Å². The first-order valence-electron chi connectivity index (χ1n) is 6.40. The molecule has 2 atom stereocenters. The molecule has 0 radical (unpaired) electrons. The van der Waals surface area contributed by atoms with Gasteiger partial charge in [-0.05, 0) is 40.9 Å². The molecule has 1 aromatic carbocycles. The Kier molecular flexibility index (Phi) is 5.00. The molecule has 0 bridgehead atoms. The lowest BCUT2D eigenvalue weighted by Crippen LogP contribution is -2.32. The van der Waals surface area contributed by atoms with Crippen LogP contribution < -0.4 is 4.72 Å². The molecule has 1 saturated heterocycles. The fourth-order valence-electron chi connectivity index (χ4n) is 2.33. The zero-order valence-electron chi connectivity index (χ0n) is 10.8. The van der Waals surface area contributed by atoms with E-state index in [2.05, 4.69) is 27.6 Å². The molecular formula is C13H18BrNO3S. The molecular weight excluding hydrogens is 330 g/mol. The van der Waals surface area contributed by atoms with Crippen molar-refractivity contribution in [2.75, 3.05) is 13.2 Å². The standard InChI is InChI=1S/C13H18BrNO3S/c1-2-12-10(7-8-18-12)9-15-19(16,17)13-6-4-3-5-11(13)14/h3-6,10,12,15H,2,7-9H2,1H3. The zero-order valence-corrected chi connectivity index (χ0v) is 13.2. The highest BCUT2D eigenvalue weighted by Crippen LogP contribution is 2.24. The quantitative estimate of drug-likeness (QED) is 0.890. The lowest BCUT2D eigenvalue weighted by atomic mass is 10.0. The highest BCUT2D eigenvalue weighted by atomic mass is 79.9. The summed E-state index contributed by atoms with van der Waals surface area (Å²) in [6.45, 7) is 3.22. The predicted octanol–water partition coefficient (Wildman–Crippen LogP) is 2.54. The van der Waals surface area contributed by atoms with Crippen molar-refractivity contribution in [3.8, 4) is 0 Å². The first kappa shape index (κ1) is 15.0. The van der Waals surface area contributed by atoms with Crippen LogP contribution in [0.3, 0.4) is 0 Å². The summed E-state index contributed by atoms with van der Waals surface area (Å²) in [4.78, 5) is 0.280. The lowest BCUT2D eigenvalue weighted by Gasteiger charge is -2.17. The van der Waals surface area contributed by atoms with Gasteiger partial charge in [-0.25, -0.2) is 13.1 Å². The first-order chi connectivity index (χ1) is 9.04. The van der Waals surface area contributed by atoms with E-state index in [1.54, 1.807) is 24.3 Å². The third kappa shape index (κ3) is 3.56. The Hall–Kier alpha value is -0.430. The van der Waals surface area contributed by atoms with Gasteiger partial charge in [0.2, 0.25) is 10.0 Å². The van der Waals surface area contributed by atoms with Crippen LogP contribution >= 0.6 is 15.9 Å². The molecule has 0 saturated carbocycles. The van der Waals surface area contributed by atoms with E-state index in [9.17, 15) is 8.42 Å². The summed E-state index contributed by atoms with van der Waals surface area (Å²) in [5.41, 5.74) is 0. The number of benzene rings is 1. The van der Waals surface area contributed by atoms with Crippen LogP contribution in [-0.2, 0) is 14.8 Å². The van der Waals surface area contributed by atoms with Crippen molar-refractivity contribution < 1.29 is 13.2 Å². The largest absolute Gasteiger partial charge is 0.378 e. The maximum atomic E-state index is 12.2. The van der Waals surface area contributed by atoms with Crippen molar-refractivity contribution in [2.45, 2.75) is 30.8 Å². The number of nitrogens with one attached hydrogen (secondary N) is 1. The minimum Gasteiger partial charge on any atom is -0.378 e. The molecule has 6 heteroatoms. The van der Waals surface area contributed by atoms with Gasteiger partial charge in [0.25, 0.3) is 0 Å². The Morgan fingerprint density at radius 3 is 2.84 bits per heavy atom. The molecule has 0 aromatic heterocycles. The molecule has 2 unspecified atom stereocenters. The van der Waals surface area contributed by atoms with Gasteiger partial charge >= 0.3 is 0 Å². The monoisotopic (exact) mass is 347 g/mol. The SMILES string of the molecule is CCC1OCCC1CNS(=O)(=O)c1ccccc1Br. The van der Waals surface area contributed by atoms with E-state index in [-0.39, 0.29) is 16.9 Å². The first-order valence-corrected chi connectivity index (χ1v) is 8.68. The second kappa shape index (κ2) is 6.35. The summed E-state index contributed by atoms with van der Waals surface area (Å²) in [5.74, 6) is 0.266. The number of rotatable bonds is 5. The summed E-state index contributed by atoms with van der Waals surface area (Å²) in [6.07, 6.45) is 2.00. The molecule has 1 N–H and O–H groups in total. The average Bonchev–Trinajstić information content (AvgIpc) is 2.84. The van der Waals surface area contributed by atoms with E-state index in [0.717, 1.165) is 19.4 Å². The van der Waals surface area contributed by atoms with Crippen LogP contribution in [0.15, 0.2) is 33.6 Å². The number of ether oxygens (including phenoxy) is 1. The summed E-state index contributed by atoms with van der Waals surface area (Å²) < 4.78 is 33.3. The highest BCUT2D eigenvalue weighted by molar-refractivity contribution is 9.10. The minimum absolute atomic E-state index is 0.168. The zero-order chi connectivity index (χ0) is 13.9. The van der Waals surface area contributed by atoms with Crippen LogP contribution in [0, 0.1) is 5.92 Å². The molecule has 0 aliphatic carbocycles. The van der Waals surface area contributed by atoms with E-state index in [1.807, 2.05) is 0 Å². The van der Waals surface area contributed by atoms with E-state index in [0.29, 0.717) is 11.0 Å². The third-order valence-corrected chi connectivity index (χ3v) is 5.85. The molecule has 4 nitrogen and oxygen atoms in total. The third-order valence-electron chi connectivity index (χ3n) is 3.41. The van der Waals surface area contributed by atoms with Crippen LogP contribution in [0.25, 0.3) is 0 Å². The topological polar surface area (TPSA) is 55.4 Å². The predicted molar refractivity (Wildman–Crippen MR) is 77.5 cm³/mol. The number of halogens is 1. The Morgan fingerprint density at radius 2 is 2.16 bits per heavy atom. The maximum absolute atomic E-state index is 12.2. The van der Waals surface area contributed by atoms with Gasteiger partial charge in [0, 0.05) is 23.5 Å². The van der Waals surface area contributed by atoms with Crippen LogP contribution in [0.5, 0.6) is 0 Å². The number of sulfonamides is 1. The van der Waals surface area contributed by atoms with Crippen molar-refractivity contribution >= 4 is 26.0 Å². The van der Waals surface area contributed by atoms with E-state index < -0.39 is 10.0 Å². The highest BCUT2D eigenvalue weighted by Gasteiger charge is 2.28. The Morgan fingerprint density at radius 1 is 1.42 bits per heavy atom. The maximum Gasteiger partial charge on any atom is 0.241 e. The average molecular weight is 348 g/mol. The molecule has 1 heterocycles. The molecule has 0 amide bonds. The molecule has 1 aliphatic rings. The van der Waals surface area contributed by atoms with Gasteiger partial charge in [-0.15, -0.1) is 0 Å². The van der Waals surface area contributed by atoms with Crippen molar-refractivity contribution in [2.24, 2.45) is 5.92 Å². The molecule has 1 aromatic rings. The minimum atomic E-state index is -3.46. The van der Waals surface area contributed by atoms with Crippen LogP contribution in [0.2, 0.25) is 0 Å². The molecule has 106 valence electrons. The molecule has 19 heavy (non-hydrogen) atoms. The van der Waals surface area contributed by atoms with Gasteiger partial charge in [0.1, 0.15) is 0 Å². The van der Waals surface area contributed by atoms with Crippen molar-refractivity contribution in [3.05, 3.63) is 28.7 Å². The Bertz CT molecular complexity index is 532. The van der Waals surface area contributed by atoms with Gasteiger partial charge in [-0.3, -0.25) is 0 Å². The summed E-state index contributed by atoms with van der Waals surface area (Å²) >= 11 is 3.27. The van der Waals surface area contributed by atoms with Crippen molar-refractivity contribution in [3.63, 3.8) is 0 Å². The molecule has 2 rings (SSSR count). The van der Waals surface area contributed by atoms with E-state index >= 15 is 0 Å². The van der Waals surface area contributed by atoms with Crippen LogP contribution in [-0.4, -0.2) is 27.7 Å². The van der Waals surface area contributed by atoms with Gasteiger partial charge in [0.15, 0.2) is 0 Å². The number of hydrogen-bond acceptors (Lipinski definition) is 3. The fraction of sp³-hybridized carbons (Fsp3) is 0.538.